The second-order valence-corrected chi connectivity index (χ2v) is 5.60. The molecule has 0 radical (unpaired) electrons. The zero-order valence-corrected chi connectivity index (χ0v) is 13.4. The van der Waals surface area contributed by atoms with Gasteiger partial charge in [0.25, 0.3) is 5.95 Å². The number of nitrogen functional groups attached to an aromatic ring is 1. The van der Waals surface area contributed by atoms with Crippen molar-refractivity contribution in [3.05, 3.63) is 48.7 Å². The summed E-state index contributed by atoms with van der Waals surface area (Å²) in [5.74, 6) is -0.236. The van der Waals surface area contributed by atoms with E-state index < -0.39 is 11.9 Å². The lowest BCUT2D eigenvalue weighted by atomic mass is 10.1. The molecule has 0 fully saturated rings. The summed E-state index contributed by atoms with van der Waals surface area (Å²) < 4.78 is 43.5. The smallest absolute Gasteiger partial charge is 0.383 e. The van der Waals surface area contributed by atoms with Crippen LogP contribution in [0.15, 0.2) is 43.0 Å². The Morgan fingerprint density at radius 3 is 2.42 bits per heavy atom. The van der Waals surface area contributed by atoms with Gasteiger partial charge in [0.1, 0.15) is 11.5 Å². The normalized spacial score (nSPS) is 12.0. The number of aromatic nitrogens is 6. The molecule has 10 heteroatoms. The number of aryl methyl sites for hydroxylation is 1. The van der Waals surface area contributed by atoms with Crippen molar-refractivity contribution in [3.8, 4) is 17.1 Å². The molecule has 4 heterocycles. The van der Waals surface area contributed by atoms with Gasteiger partial charge in [-0.05, 0) is 18.2 Å². The summed E-state index contributed by atoms with van der Waals surface area (Å²) in [6.07, 6.45) is 1.22. The Morgan fingerprint density at radius 1 is 1.04 bits per heavy atom. The van der Waals surface area contributed by atoms with Crippen LogP contribution in [0.25, 0.3) is 28.1 Å². The van der Waals surface area contributed by atoms with E-state index in [1.807, 2.05) is 0 Å². The molecule has 2 N–H and O–H groups in total. The molecule has 0 saturated carbocycles. The molecule has 0 amide bonds. The highest BCUT2D eigenvalue weighted by molar-refractivity contribution is 5.97. The van der Waals surface area contributed by atoms with Gasteiger partial charge in [-0.1, -0.05) is 0 Å². The predicted molar refractivity (Wildman–Crippen MR) is 88.3 cm³/mol. The molecule has 0 saturated heterocycles. The fraction of sp³-hybridized carbons (Fsp3) is 0.125. The predicted octanol–water partition coefficient (Wildman–Crippen LogP) is 2.82. The van der Waals surface area contributed by atoms with Gasteiger partial charge < -0.3 is 10.3 Å². The minimum absolute atomic E-state index is 0.0416. The SMILES string of the molecule is Cn1cc(-c2c(C(F)(F)F)nn(-c3ncccn3)c2N)c2cccnc21. The third-order valence-electron chi connectivity index (χ3n) is 3.93. The van der Waals surface area contributed by atoms with E-state index in [1.54, 1.807) is 42.2 Å². The maximum Gasteiger partial charge on any atom is 0.435 e. The summed E-state index contributed by atoms with van der Waals surface area (Å²) >= 11 is 0. The number of anilines is 1. The Balaban J connectivity index is 2.06. The minimum Gasteiger partial charge on any atom is -0.383 e. The van der Waals surface area contributed by atoms with Crippen LogP contribution in [-0.4, -0.2) is 29.3 Å². The van der Waals surface area contributed by atoms with Crippen molar-refractivity contribution in [1.82, 2.24) is 29.3 Å². The number of hydrogen-bond acceptors (Lipinski definition) is 5. The first kappa shape index (κ1) is 16.1. The van der Waals surface area contributed by atoms with Gasteiger partial charge >= 0.3 is 6.18 Å². The summed E-state index contributed by atoms with van der Waals surface area (Å²) in [7, 11) is 1.70. The van der Waals surface area contributed by atoms with E-state index >= 15 is 0 Å². The number of fused-ring (bicyclic) bond motifs is 1. The van der Waals surface area contributed by atoms with E-state index in [4.69, 9.17) is 5.73 Å². The standard InChI is InChI=1S/C16H12F3N7/c1-25-8-10(9-4-2-5-21-14(9)25)11-12(16(17,18)19)24-26(13(11)20)15-22-6-3-7-23-15/h2-8H,20H2,1H3. The summed E-state index contributed by atoms with van der Waals surface area (Å²) in [6.45, 7) is 0. The minimum atomic E-state index is -4.70. The van der Waals surface area contributed by atoms with Crippen LogP contribution in [0.1, 0.15) is 5.69 Å². The fourth-order valence-electron chi connectivity index (χ4n) is 2.86. The van der Waals surface area contributed by atoms with Crippen molar-refractivity contribution in [3.63, 3.8) is 0 Å². The lowest BCUT2D eigenvalue weighted by Gasteiger charge is -2.06. The van der Waals surface area contributed by atoms with Crippen molar-refractivity contribution in [2.75, 3.05) is 5.73 Å². The Bertz CT molecular complexity index is 1100. The molecule has 4 rings (SSSR count). The molecular weight excluding hydrogens is 347 g/mol. The Kier molecular flexibility index (Phi) is 3.43. The first-order valence-corrected chi connectivity index (χ1v) is 7.51. The third kappa shape index (κ3) is 2.38. The lowest BCUT2D eigenvalue weighted by Crippen LogP contribution is -2.09. The second kappa shape index (κ2) is 5.55. The highest BCUT2D eigenvalue weighted by Crippen LogP contribution is 2.42. The molecular formula is C16H12F3N7. The number of hydrogen-bond donors (Lipinski definition) is 1. The number of halogens is 3. The van der Waals surface area contributed by atoms with Gasteiger partial charge in [-0.3, -0.25) is 0 Å². The Hall–Kier alpha value is -3.43. The highest BCUT2D eigenvalue weighted by atomic mass is 19.4. The number of rotatable bonds is 2. The third-order valence-corrected chi connectivity index (χ3v) is 3.93. The van der Waals surface area contributed by atoms with E-state index in [9.17, 15) is 13.2 Å². The largest absolute Gasteiger partial charge is 0.435 e. The first-order valence-electron chi connectivity index (χ1n) is 7.51. The average molecular weight is 359 g/mol. The van der Waals surface area contributed by atoms with Gasteiger partial charge in [0.05, 0.1) is 5.56 Å². The van der Waals surface area contributed by atoms with Crippen molar-refractivity contribution in [1.29, 1.82) is 0 Å². The van der Waals surface area contributed by atoms with E-state index in [0.29, 0.717) is 16.6 Å². The fourth-order valence-corrected chi connectivity index (χ4v) is 2.86. The zero-order valence-electron chi connectivity index (χ0n) is 13.4. The van der Waals surface area contributed by atoms with E-state index in [-0.39, 0.29) is 17.3 Å². The lowest BCUT2D eigenvalue weighted by molar-refractivity contribution is -0.140. The van der Waals surface area contributed by atoms with Crippen LogP contribution >= 0.6 is 0 Å². The average Bonchev–Trinajstić information content (AvgIpc) is 3.13. The second-order valence-electron chi connectivity index (χ2n) is 5.60. The van der Waals surface area contributed by atoms with Crippen LogP contribution in [0.3, 0.4) is 0 Å². The molecule has 0 aliphatic carbocycles. The van der Waals surface area contributed by atoms with Crippen molar-refractivity contribution < 1.29 is 13.2 Å². The van der Waals surface area contributed by atoms with E-state index in [1.165, 1.54) is 12.4 Å². The van der Waals surface area contributed by atoms with Crippen LogP contribution in [-0.2, 0) is 13.2 Å². The molecule has 0 aliphatic heterocycles. The number of nitrogens with zero attached hydrogens (tertiary/aromatic N) is 6. The molecule has 26 heavy (non-hydrogen) atoms. The van der Waals surface area contributed by atoms with Gasteiger partial charge in [0, 0.05) is 42.8 Å². The quantitative estimate of drug-likeness (QED) is 0.595. The molecule has 0 bridgehead atoms. The maximum atomic E-state index is 13.7. The van der Waals surface area contributed by atoms with Crippen molar-refractivity contribution in [2.45, 2.75) is 6.18 Å². The van der Waals surface area contributed by atoms with E-state index in [2.05, 4.69) is 20.1 Å². The molecule has 0 aromatic carbocycles. The topological polar surface area (TPSA) is 87.4 Å². The molecule has 4 aromatic heterocycles. The van der Waals surface area contributed by atoms with Gasteiger partial charge in [0.15, 0.2) is 5.69 Å². The van der Waals surface area contributed by atoms with Gasteiger partial charge in [0.2, 0.25) is 0 Å². The van der Waals surface area contributed by atoms with Crippen molar-refractivity contribution in [2.24, 2.45) is 7.05 Å². The molecule has 4 aromatic rings. The Morgan fingerprint density at radius 2 is 1.73 bits per heavy atom. The van der Waals surface area contributed by atoms with Crippen LogP contribution in [0.5, 0.6) is 0 Å². The number of alkyl halides is 3. The van der Waals surface area contributed by atoms with Crippen LogP contribution < -0.4 is 5.73 Å². The molecule has 0 aliphatic rings. The van der Waals surface area contributed by atoms with Crippen LogP contribution in [0, 0.1) is 0 Å². The summed E-state index contributed by atoms with van der Waals surface area (Å²) in [5.41, 5.74) is 5.57. The highest BCUT2D eigenvalue weighted by Gasteiger charge is 2.40. The van der Waals surface area contributed by atoms with Gasteiger partial charge in [-0.25, -0.2) is 15.0 Å². The molecule has 0 spiro atoms. The summed E-state index contributed by atoms with van der Waals surface area (Å²) in [5, 5.41) is 4.20. The van der Waals surface area contributed by atoms with Crippen LogP contribution in [0.4, 0.5) is 19.0 Å². The van der Waals surface area contributed by atoms with Crippen molar-refractivity contribution >= 4 is 16.9 Å². The molecule has 0 unspecified atom stereocenters. The van der Waals surface area contributed by atoms with Gasteiger partial charge in [-0.15, -0.1) is 0 Å². The van der Waals surface area contributed by atoms with E-state index in [0.717, 1.165) is 4.68 Å². The van der Waals surface area contributed by atoms with Crippen LogP contribution in [0.2, 0.25) is 0 Å². The number of nitrogens with two attached hydrogens (primary N) is 1. The zero-order chi connectivity index (χ0) is 18.5. The van der Waals surface area contributed by atoms with Gasteiger partial charge in [-0.2, -0.15) is 23.0 Å². The maximum absolute atomic E-state index is 13.7. The number of pyridine rings is 1. The molecule has 132 valence electrons. The summed E-state index contributed by atoms with van der Waals surface area (Å²) in [6, 6.07) is 4.89. The Labute approximate surface area is 144 Å². The summed E-state index contributed by atoms with van der Waals surface area (Å²) in [4.78, 5) is 12.1. The monoisotopic (exact) mass is 359 g/mol. The molecule has 7 nitrogen and oxygen atoms in total. The molecule has 0 atom stereocenters. The first-order chi connectivity index (χ1) is 12.4.